The molecule has 1 heterocycles. The third-order valence-corrected chi connectivity index (χ3v) is 1.66. The summed E-state index contributed by atoms with van der Waals surface area (Å²) < 4.78 is 5.28. The van der Waals surface area contributed by atoms with E-state index in [2.05, 4.69) is 18.7 Å². The third-order valence-electron chi connectivity index (χ3n) is 1.66. The van der Waals surface area contributed by atoms with Crippen LogP contribution in [0.2, 0.25) is 0 Å². The van der Waals surface area contributed by atoms with Gasteiger partial charge in [0.2, 0.25) is 0 Å². The first kappa shape index (κ1) is 6.05. The van der Waals surface area contributed by atoms with Crippen LogP contribution >= 0.6 is 0 Å². The number of ether oxygens (including phenoxy) is 1. The molecule has 0 radical (unpaired) electrons. The van der Waals surface area contributed by atoms with Crippen molar-refractivity contribution >= 4 is 0 Å². The van der Waals surface area contributed by atoms with Crippen molar-refractivity contribution in [3.63, 3.8) is 0 Å². The van der Waals surface area contributed by atoms with Crippen LogP contribution in [0.25, 0.3) is 0 Å². The fourth-order valence-corrected chi connectivity index (χ4v) is 1.04. The molecule has 1 unspecified atom stereocenters. The van der Waals surface area contributed by atoms with E-state index in [0.717, 1.165) is 19.7 Å². The molecule has 0 saturated carbocycles. The van der Waals surface area contributed by atoms with Crippen LogP contribution in [0, 0.1) is 0 Å². The molecular formula is C6H13NO. The molecule has 1 aliphatic rings. The summed E-state index contributed by atoms with van der Waals surface area (Å²) in [7, 11) is 0. The van der Waals surface area contributed by atoms with E-state index in [1.807, 2.05) is 0 Å². The van der Waals surface area contributed by atoms with Crippen LogP contribution in [-0.4, -0.2) is 30.8 Å². The lowest BCUT2D eigenvalue weighted by molar-refractivity contribution is 0.0525. The lowest BCUT2D eigenvalue weighted by atomic mass is 10.5. The van der Waals surface area contributed by atoms with Crippen LogP contribution in [-0.2, 0) is 4.74 Å². The summed E-state index contributed by atoms with van der Waals surface area (Å²) in [6.45, 7) is 7.38. The van der Waals surface area contributed by atoms with Gasteiger partial charge in [-0.1, -0.05) is 6.92 Å². The Morgan fingerprint density at radius 1 is 1.75 bits per heavy atom. The van der Waals surface area contributed by atoms with Gasteiger partial charge in [-0.2, -0.15) is 0 Å². The summed E-state index contributed by atoms with van der Waals surface area (Å²) in [6.07, 6.45) is 0.361. The zero-order valence-electron chi connectivity index (χ0n) is 5.55. The van der Waals surface area contributed by atoms with E-state index in [1.54, 1.807) is 0 Å². The molecule has 0 aromatic rings. The van der Waals surface area contributed by atoms with Crippen molar-refractivity contribution in [2.24, 2.45) is 0 Å². The smallest absolute Gasteiger partial charge is 0.107 e. The van der Waals surface area contributed by atoms with Gasteiger partial charge in [-0.15, -0.1) is 0 Å². The first-order valence-corrected chi connectivity index (χ1v) is 3.20. The Labute approximate surface area is 50.4 Å². The predicted molar refractivity (Wildman–Crippen MR) is 32.7 cm³/mol. The van der Waals surface area contributed by atoms with Crippen molar-refractivity contribution in [2.75, 3.05) is 19.7 Å². The Kier molecular flexibility index (Phi) is 1.86. The van der Waals surface area contributed by atoms with E-state index in [9.17, 15) is 0 Å². The molecule has 0 spiro atoms. The SMILES string of the molecule is CCN1CCOC1C. The Balaban J connectivity index is 2.30. The maximum atomic E-state index is 5.28. The Morgan fingerprint density at radius 2 is 2.50 bits per heavy atom. The normalized spacial score (nSPS) is 31.5. The van der Waals surface area contributed by atoms with Gasteiger partial charge in [-0.25, -0.2) is 0 Å². The summed E-state index contributed by atoms with van der Waals surface area (Å²) in [4.78, 5) is 2.31. The second-order valence-corrected chi connectivity index (χ2v) is 2.10. The molecule has 0 aromatic carbocycles. The molecule has 0 aromatic heterocycles. The number of rotatable bonds is 1. The molecule has 1 saturated heterocycles. The highest BCUT2D eigenvalue weighted by atomic mass is 16.5. The van der Waals surface area contributed by atoms with Crippen molar-refractivity contribution in [3.05, 3.63) is 0 Å². The molecule has 1 fully saturated rings. The van der Waals surface area contributed by atoms with Crippen molar-refractivity contribution in [3.8, 4) is 0 Å². The van der Waals surface area contributed by atoms with Gasteiger partial charge in [0.1, 0.15) is 6.23 Å². The molecule has 2 nitrogen and oxygen atoms in total. The minimum Gasteiger partial charge on any atom is -0.362 e. The highest BCUT2D eigenvalue weighted by Crippen LogP contribution is 2.06. The Bertz CT molecular complexity index is 74.9. The zero-order chi connectivity index (χ0) is 5.98. The summed E-state index contributed by atoms with van der Waals surface area (Å²) in [5.74, 6) is 0. The lowest BCUT2D eigenvalue weighted by Gasteiger charge is -2.15. The van der Waals surface area contributed by atoms with Crippen LogP contribution in [0.1, 0.15) is 13.8 Å². The maximum absolute atomic E-state index is 5.28. The molecule has 48 valence electrons. The average molecular weight is 115 g/mol. The average Bonchev–Trinajstić information content (AvgIpc) is 2.14. The molecule has 1 atom stereocenters. The van der Waals surface area contributed by atoms with E-state index in [1.165, 1.54) is 0 Å². The van der Waals surface area contributed by atoms with Crippen molar-refractivity contribution in [1.29, 1.82) is 0 Å². The fraction of sp³-hybridized carbons (Fsp3) is 1.00. The second kappa shape index (κ2) is 2.46. The second-order valence-electron chi connectivity index (χ2n) is 2.10. The summed E-state index contributed by atoms with van der Waals surface area (Å²) in [5.41, 5.74) is 0. The molecule has 8 heavy (non-hydrogen) atoms. The van der Waals surface area contributed by atoms with Crippen LogP contribution < -0.4 is 0 Å². The number of likely N-dealkylation sites (N-methyl/N-ethyl adjacent to an activating group) is 1. The summed E-state index contributed by atoms with van der Waals surface area (Å²) >= 11 is 0. The molecule has 0 bridgehead atoms. The minimum absolute atomic E-state index is 0.361. The number of hydrogen-bond donors (Lipinski definition) is 0. The van der Waals surface area contributed by atoms with Gasteiger partial charge < -0.3 is 4.74 Å². The van der Waals surface area contributed by atoms with Crippen LogP contribution in [0.4, 0.5) is 0 Å². The molecule has 0 aliphatic carbocycles. The molecule has 0 N–H and O–H groups in total. The molecule has 1 aliphatic heterocycles. The predicted octanol–water partition coefficient (Wildman–Crippen LogP) is 0.684. The monoisotopic (exact) mass is 115 g/mol. The van der Waals surface area contributed by atoms with E-state index >= 15 is 0 Å². The molecular weight excluding hydrogens is 102 g/mol. The zero-order valence-corrected chi connectivity index (χ0v) is 5.55. The van der Waals surface area contributed by atoms with Gasteiger partial charge in [0.25, 0.3) is 0 Å². The first-order chi connectivity index (χ1) is 3.84. The van der Waals surface area contributed by atoms with E-state index in [-0.39, 0.29) is 0 Å². The summed E-state index contributed by atoms with van der Waals surface area (Å²) in [5, 5.41) is 0. The van der Waals surface area contributed by atoms with Crippen molar-refractivity contribution in [1.82, 2.24) is 4.90 Å². The summed E-state index contributed by atoms with van der Waals surface area (Å²) in [6, 6.07) is 0. The highest BCUT2D eigenvalue weighted by Gasteiger charge is 2.17. The van der Waals surface area contributed by atoms with Crippen LogP contribution in [0.15, 0.2) is 0 Å². The van der Waals surface area contributed by atoms with Gasteiger partial charge >= 0.3 is 0 Å². The van der Waals surface area contributed by atoms with E-state index in [4.69, 9.17) is 4.74 Å². The Hall–Kier alpha value is -0.0800. The molecule has 1 rings (SSSR count). The van der Waals surface area contributed by atoms with E-state index in [0.29, 0.717) is 6.23 Å². The lowest BCUT2D eigenvalue weighted by Crippen LogP contribution is -2.26. The number of hydrogen-bond acceptors (Lipinski definition) is 2. The third kappa shape index (κ3) is 1.01. The molecule has 0 amide bonds. The van der Waals surface area contributed by atoms with Gasteiger partial charge in [0, 0.05) is 6.54 Å². The number of nitrogens with zero attached hydrogens (tertiary/aromatic N) is 1. The van der Waals surface area contributed by atoms with Gasteiger partial charge in [-0.3, -0.25) is 4.90 Å². The van der Waals surface area contributed by atoms with E-state index < -0.39 is 0 Å². The van der Waals surface area contributed by atoms with Crippen LogP contribution in [0.3, 0.4) is 0 Å². The fourth-order valence-electron chi connectivity index (χ4n) is 1.04. The van der Waals surface area contributed by atoms with Crippen molar-refractivity contribution in [2.45, 2.75) is 20.1 Å². The molecule has 2 heteroatoms. The maximum Gasteiger partial charge on any atom is 0.107 e. The highest BCUT2D eigenvalue weighted by molar-refractivity contribution is 4.62. The standard InChI is InChI=1S/C6H13NO/c1-3-7-4-5-8-6(7)2/h6H,3-5H2,1-2H3. The van der Waals surface area contributed by atoms with Gasteiger partial charge in [0.05, 0.1) is 6.61 Å². The first-order valence-electron chi connectivity index (χ1n) is 3.20. The largest absolute Gasteiger partial charge is 0.362 e. The van der Waals surface area contributed by atoms with Gasteiger partial charge in [-0.05, 0) is 13.5 Å². The topological polar surface area (TPSA) is 12.5 Å². The van der Waals surface area contributed by atoms with Gasteiger partial charge in [0.15, 0.2) is 0 Å². The Morgan fingerprint density at radius 3 is 2.75 bits per heavy atom. The minimum atomic E-state index is 0.361. The van der Waals surface area contributed by atoms with Crippen molar-refractivity contribution < 1.29 is 4.74 Å². The van der Waals surface area contributed by atoms with Crippen LogP contribution in [0.5, 0.6) is 0 Å². The quantitative estimate of drug-likeness (QED) is 0.498.